The summed E-state index contributed by atoms with van der Waals surface area (Å²) >= 11 is 0. The summed E-state index contributed by atoms with van der Waals surface area (Å²) < 4.78 is 4.61. The molecule has 30 heavy (non-hydrogen) atoms. The number of benzene rings is 3. The van der Waals surface area contributed by atoms with Gasteiger partial charge in [0, 0.05) is 23.1 Å². The SMILES string of the molecule is COC(=O)CCC(=O)c1ccc2nc(-c3ccccc3)c(-c3ccccc3)nc2c1. The number of hydrogen-bond donors (Lipinski definition) is 0. The molecule has 5 nitrogen and oxygen atoms in total. The molecule has 4 rings (SSSR count). The van der Waals surface area contributed by atoms with Gasteiger partial charge in [0.05, 0.1) is 36.0 Å². The molecule has 0 aliphatic heterocycles. The van der Waals surface area contributed by atoms with Crippen LogP contribution < -0.4 is 0 Å². The van der Waals surface area contributed by atoms with Crippen LogP contribution >= 0.6 is 0 Å². The normalized spacial score (nSPS) is 10.7. The highest BCUT2D eigenvalue weighted by atomic mass is 16.5. The van der Waals surface area contributed by atoms with Crippen LogP contribution in [0.4, 0.5) is 0 Å². The smallest absolute Gasteiger partial charge is 0.305 e. The molecular formula is C25H20N2O3. The third-order valence-corrected chi connectivity index (χ3v) is 4.86. The van der Waals surface area contributed by atoms with Gasteiger partial charge in [0.2, 0.25) is 0 Å². The summed E-state index contributed by atoms with van der Waals surface area (Å²) in [5.74, 6) is -0.528. The Morgan fingerprint density at radius 1 is 0.733 bits per heavy atom. The maximum atomic E-state index is 12.5. The second kappa shape index (κ2) is 8.66. The quantitative estimate of drug-likeness (QED) is 0.335. The molecule has 0 aliphatic carbocycles. The zero-order valence-electron chi connectivity index (χ0n) is 16.5. The predicted molar refractivity (Wildman–Crippen MR) is 116 cm³/mol. The van der Waals surface area contributed by atoms with E-state index in [0.29, 0.717) is 16.6 Å². The molecule has 5 heteroatoms. The zero-order valence-corrected chi connectivity index (χ0v) is 16.5. The van der Waals surface area contributed by atoms with Gasteiger partial charge in [0.25, 0.3) is 0 Å². The van der Waals surface area contributed by atoms with Gasteiger partial charge in [-0.15, -0.1) is 0 Å². The van der Waals surface area contributed by atoms with E-state index in [9.17, 15) is 9.59 Å². The molecule has 0 spiro atoms. The fourth-order valence-corrected chi connectivity index (χ4v) is 3.28. The number of fused-ring (bicyclic) bond motifs is 1. The number of carbonyl (C=O) groups excluding carboxylic acids is 2. The van der Waals surface area contributed by atoms with E-state index in [1.807, 2.05) is 60.7 Å². The van der Waals surface area contributed by atoms with Gasteiger partial charge >= 0.3 is 5.97 Å². The maximum Gasteiger partial charge on any atom is 0.305 e. The average Bonchev–Trinajstić information content (AvgIpc) is 2.82. The third-order valence-electron chi connectivity index (χ3n) is 4.86. The summed E-state index contributed by atoms with van der Waals surface area (Å²) in [6.45, 7) is 0. The first-order valence-electron chi connectivity index (χ1n) is 9.68. The summed E-state index contributed by atoms with van der Waals surface area (Å²) in [5, 5.41) is 0. The summed E-state index contributed by atoms with van der Waals surface area (Å²) in [6, 6.07) is 25.1. The number of esters is 1. The largest absolute Gasteiger partial charge is 0.469 e. The van der Waals surface area contributed by atoms with Crippen molar-refractivity contribution in [2.75, 3.05) is 7.11 Å². The number of Topliss-reactive ketones (excluding diaryl/α,β-unsaturated/α-hetero) is 1. The van der Waals surface area contributed by atoms with E-state index in [1.54, 1.807) is 18.2 Å². The molecule has 0 saturated heterocycles. The topological polar surface area (TPSA) is 69.2 Å². The van der Waals surface area contributed by atoms with Crippen molar-refractivity contribution in [1.82, 2.24) is 9.97 Å². The summed E-state index contributed by atoms with van der Waals surface area (Å²) in [5.41, 5.74) is 5.33. The molecule has 1 aromatic heterocycles. The lowest BCUT2D eigenvalue weighted by Gasteiger charge is -2.11. The Morgan fingerprint density at radius 2 is 1.30 bits per heavy atom. The van der Waals surface area contributed by atoms with Gasteiger partial charge in [-0.05, 0) is 18.2 Å². The van der Waals surface area contributed by atoms with Crippen LogP contribution in [0, 0.1) is 0 Å². The van der Waals surface area contributed by atoms with Crippen molar-refractivity contribution < 1.29 is 14.3 Å². The Balaban J connectivity index is 1.80. The Bertz CT molecular complexity index is 1210. The minimum Gasteiger partial charge on any atom is -0.469 e. The number of methoxy groups -OCH3 is 1. The van der Waals surface area contributed by atoms with Crippen LogP contribution in [0.15, 0.2) is 78.9 Å². The van der Waals surface area contributed by atoms with Gasteiger partial charge in [0.1, 0.15) is 0 Å². The fourth-order valence-electron chi connectivity index (χ4n) is 3.28. The molecule has 0 fully saturated rings. The second-order valence-electron chi connectivity index (χ2n) is 6.86. The second-order valence-corrected chi connectivity index (χ2v) is 6.86. The summed E-state index contributed by atoms with van der Waals surface area (Å²) in [4.78, 5) is 33.6. The van der Waals surface area contributed by atoms with E-state index >= 15 is 0 Å². The van der Waals surface area contributed by atoms with Crippen molar-refractivity contribution in [3.05, 3.63) is 84.4 Å². The maximum absolute atomic E-state index is 12.5. The number of nitrogens with zero attached hydrogens (tertiary/aromatic N) is 2. The highest BCUT2D eigenvalue weighted by Gasteiger charge is 2.15. The Kier molecular flexibility index (Phi) is 5.61. The molecule has 148 valence electrons. The predicted octanol–water partition coefficient (Wildman–Crippen LogP) is 5.10. The van der Waals surface area contributed by atoms with Gasteiger partial charge in [-0.25, -0.2) is 9.97 Å². The van der Waals surface area contributed by atoms with Gasteiger partial charge in [-0.1, -0.05) is 60.7 Å². The first kappa shape index (κ1) is 19.5. The molecule has 0 N–H and O–H groups in total. The van der Waals surface area contributed by atoms with E-state index in [1.165, 1.54) is 7.11 Å². The lowest BCUT2D eigenvalue weighted by atomic mass is 10.0. The van der Waals surface area contributed by atoms with Crippen molar-refractivity contribution in [3.8, 4) is 22.5 Å². The lowest BCUT2D eigenvalue weighted by molar-refractivity contribution is -0.140. The average molecular weight is 396 g/mol. The van der Waals surface area contributed by atoms with Crippen molar-refractivity contribution >= 4 is 22.8 Å². The number of hydrogen-bond acceptors (Lipinski definition) is 5. The van der Waals surface area contributed by atoms with Crippen molar-refractivity contribution in [1.29, 1.82) is 0 Å². The standard InChI is InChI=1S/C25H20N2O3/c1-30-23(29)15-14-22(28)19-12-13-20-21(16-19)27-25(18-10-6-3-7-11-18)24(26-20)17-8-4-2-5-9-17/h2-13,16H,14-15H2,1H3. The highest BCUT2D eigenvalue weighted by molar-refractivity contribution is 6.00. The van der Waals surface area contributed by atoms with Crippen LogP contribution in [0.3, 0.4) is 0 Å². The highest BCUT2D eigenvalue weighted by Crippen LogP contribution is 2.31. The molecule has 0 amide bonds. The molecule has 0 bridgehead atoms. The number of ketones is 1. The molecule has 0 unspecified atom stereocenters. The number of aromatic nitrogens is 2. The monoisotopic (exact) mass is 396 g/mol. The minimum absolute atomic E-state index is 0.0568. The minimum atomic E-state index is -0.400. The molecule has 0 aliphatic rings. The van der Waals surface area contributed by atoms with Crippen LogP contribution in [-0.2, 0) is 9.53 Å². The molecule has 1 heterocycles. The van der Waals surface area contributed by atoms with Gasteiger partial charge in [0.15, 0.2) is 5.78 Å². The molecule has 0 atom stereocenters. The molecule has 0 radical (unpaired) electrons. The van der Waals surface area contributed by atoms with E-state index in [2.05, 4.69) is 4.74 Å². The summed E-state index contributed by atoms with van der Waals surface area (Å²) in [6.07, 6.45) is 0.153. The lowest BCUT2D eigenvalue weighted by Crippen LogP contribution is -2.06. The van der Waals surface area contributed by atoms with Crippen LogP contribution in [0.1, 0.15) is 23.2 Å². The first-order valence-corrected chi connectivity index (χ1v) is 9.68. The zero-order chi connectivity index (χ0) is 20.9. The molecular weight excluding hydrogens is 376 g/mol. The van der Waals surface area contributed by atoms with Crippen LogP contribution in [-0.4, -0.2) is 28.8 Å². The van der Waals surface area contributed by atoms with Crippen LogP contribution in [0.25, 0.3) is 33.5 Å². The van der Waals surface area contributed by atoms with Gasteiger partial charge in [-0.3, -0.25) is 9.59 Å². The van der Waals surface area contributed by atoms with Crippen LogP contribution in [0.2, 0.25) is 0 Å². The van der Waals surface area contributed by atoms with Gasteiger partial charge in [-0.2, -0.15) is 0 Å². The van der Waals surface area contributed by atoms with E-state index < -0.39 is 5.97 Å². The number of rotatable bonds is 6. The van der Waals surface area contributed by atoms with Gasteiger partial charge < -0.3 is 4.74 Å². The summed E-state index contributed by atoms with van der Waals surface area (Å²) in [7, 11) is 1.31. The Labute approximate surface area is 174 Å². The van der Waals surface area contributed by atoms with E-state index in [-0.39, 0.29) is 18.6 Å². The molecule has 3 aromatic carbocycles. The van der Waals surface area contributed by atoms with E-state index in [0.717, 1.165) is 22.5 Å². The fraction of sp³-hybridized carbons (Fsp3) is 0.120. The first-order chi connectivity index (χ1) is 14.7. The Morgan fingerprint density at radius 3 is 1.87 bits per heavy atom. The van der Waals surface area contributed by atoms with Crippen molar-refractivity contribution in [2.45, 2.75) is 12.8 Å². The Hall–Kier alpha value is -3.86. The van der Waals surface area contributed by atoms with Crippen molar-refractivity contribution in [2.24, 2.45) is 0 Å². The number of ether oxygens (including phenoxy) is 1. The molecule has 4 aromatic rings. The van der Waals surface area contributed by atoms with Crippen LogP contribution in [0.5, 0.6) is 0 Å². The van der Waals surface area contributed by atoms with Crippen molar-refractivity contribution in [3.63, 3.8) is 0 Å². The van der Waals surface area contributed by atoms with E-state index in [4.69, 9.17) is 9.97 Å². The number of carbonyl (C=O) groups is 2. The third kappa shape index (κ3) is 4.10. The molecule has 0 saturated carbocycles.